The standard InChI is InChI=1S/C27H31F3N2O3/c1-2-16-33-21-9-7-20(8-10-21)25-19-26(34-17-15-32-13-5-3-4-6-14-32)23-18-22(35-27(28,29)30)11-12-24(23)31-25/h7-12,18-19H,2-6,13-17H2,1H3. The molecule has 0 spiro atoms. The number of hydrogen-bond acceptors (Lipinski definition) is 5. The number of halogens is 3. The molecule has 0 aliphatic carbocycles. The molecule has 188 valence electrons. The first-order valence-corrected chi connectivity index (χ1v) is 12.2. The van der Waals surface area contributed by atoms with Crippen LogP contribution >= 0.6 is 0 Å². The molecule has 0 atom stereocenters. The quantitative estimate of drug-likeness (QED) is 0.330. The Balaban J connectivity index is 1.60. The third-order valence-electron chi connectivity index (χ3n) is 5.96. The number of nitrogens with zero attached hydrogens (tertiary/aromatic N) is 2. The van der Waals surface area contributed by atoms with Gasteiger partial charge in [-0.2, -0.15) is 0 Å². The number of hydrogen-bond donors (Lipinski definition) is 0. The van der Waals surface area contributed by atoms with E-state index in [9.17, 15) is 13.2 Å². The van der Waals surface area contributed by atoms with Crippen molar-refractivity contribution in [2.75, 3.05) is 32.8 Å². The molecule has 0 bridgehead atoms. The van der Waals surface area contributed by atoms with Crippen LogP contribution in [0.5, 0.6) is 17.2 Å². The Kier molecular flexibility index (Phi) is 8.33. The summed E-state index contributed by atoms with van der Waals surface area (Å²) in [7, 11) is 0. The van der Waals surface area contributed by atoms with Crippen LogP contribution in [0.25, 0.3) is 22.2 Å². The van der Waals surface area contributed by atoms with Crippen molar-refractivity contribution in [2.45, 2.75) is 45.4 Å². The summed E-state index contributed by atoms with van der Waals surface area (Å²) in [5.74, 6) is 0.965. The Hall–Kier alpha value is -3.00. The highest BCUT2D eigenvalue weighted by molar-refractivity contribution is 5.89. The van der Waals surface area contributed by atoms with Crippen LogP contribution in [-0.4, -0.2) is 49.1 Å². The number of benzene rings is 2. The Bertz CT molecular complexity index is 1100. The molecule has 2 aromatic carbocycles. The van der Waals surface area contributed by atoms with Gasteiger partial charge in [-0.1, -0.05) is 19.8 Å². The van der Waals surface area contributed by atoms with Crippen molar-refractivity contribution < 1.29 is 27.4 Å². The van der Waals surface area contributed by atoms with E-state index in [4.69, 9.17) is 9.47 Å². The van der Waals surface area contributed by atoms with Gasteiger partial charge < -0.3 is 14.2 Å². The van der Waals surface area contributed by atoms with E-state index >= 15 is 0 Å². The van der Waals surface area contributed by atoms with Crippen molar-refractivity contribution in [3.63, 3.8) is 0 Å². The van der Waals surface area contributed by atoms with Crippen molar-refractivity contribution in [2.24, 2.45) is 0 Å². The predicted octanol–water partition coefficient (Wildman–Crippen LogP) is 6.84. The fraction of sp³-hybridized carbons (Fsp3) is 0.444. The van der Waals surface area contributed by atoms with Gasteiger partial charge >= 0.3 is 6.36 Å². The van der Waals surface area contributed by atoms with E-state index < -0.39 is 6.36 Å². The third kappa shape index (κ3) is 7.24. The van der Waals surface area contributed by atoms with Gasteiger partial charge in [-0.05, 0) is 74.8 Å². The molecule has 5 nitrogen and oxygen atoms in total. The summed E-state index contributed by atoms with van der Waals surface area (Å²) in [5.41, 5.74) is 2.07. The lowest BCUT2D eigenvalue weighted by Gasteiger charge is -2.20. The van der Waals surface area contributed by atoms with E-state index in [-0.39, 0.29) is 5.75 Å². The molecule has 1 aliphatic heterocycles. The van der Waals surface area contributed by atoms with Crippen LogP contribution in [-0.2, 0) is 0 Å². The highest BCUT2D eigenvalue weighted by atomic mass is 19.4. The zero-order valence-electron chi connectivity index (χ0n) is 19.9. The van der Waals surface area contributed by atoms with Gasteiger partial charge in [0.05, 0.1) is 17.8 Å². The Morgan fingerprint density at radius 2 is 1.57 bits per heavy atom. The SMILES string of the molecule is CCCOc1ccc(-c2cc(OCCN3CCCCCC3)c3cc(OC(F)(F)F)ccc3n2)cc1. The van der Waals surface area contributed by atoms with E-state index in [1.165, 1.54) is 43.9 Å². The maximum Gasteiger partial charge on any atom is 0.573 e. The van der Waals surface area contributed by atoms with Gasteiger partial charge in [0.2, 0.25) is 0 Å². The summed E-state index contributed by atoms with van der Waals surface area (Å²) >= 11 is 0. The first kappa shape index (κ1) is 25.1. The molecular formula is C27H31F3N2O3. The van der Waals surface area contributed by atoms with Crippen LogP contribution in [0.2, 0.25) is 0 Å². The topological polar surface area (TPSA) is 43.8 Å². The summed E-state index contributed by atoms with van der Waals surface area (Å²) in [4.78, 5) is 7.06. The minimum Gasteiger partial charge on any atom is -0.494 e. The second kappa shape index (κ2) is 11.6. The number of ether oxygens (including phenoxy) is 3. The number of rotatable bonds is 9. The van der Waals surface area contributed by atoms with Gasteiger partial charge in [-0.15, -0.1) is 13.2 Å². The number of fused-ring (bicyclic) bond motifs is 1. The van der Waals surface area contributed by atoms with E-state index in [1.54, 1.807) is 6.07 Å². The molecule has 8 heteroatoms. The lowest BCUT2D eigenvalue weighted by Crippen LogP contribution is -2.29. The summed E-state index contributed by atoms with van der Waals surface area (Å²) in [6, 6.07) is 13.5. The molecule has 3 aromatic rings. The van der Waals surface area contributed by atoms with Crippen molar-refractivity contribution in [3.05, 3.63) is 48.5 Å². The van der Waals surface area contributed by atoms with Crippen molar-refractivity contribution in [1.29, 1.82) is 0 Å². The fourth-order valence-corrected chi connectivity index (χ4v) is 4.22. The van der Waals surface area contributed by atoms with Gasteiger partial charge in [0.25, 0.3) is 0 Å². The van der Waals surface area contributed by atoms with Gasteiger partial charge in [0, 0.05) is 23.6 Å². The van der Waals surface area contributed by atoms with E-state index in [0.29, 0.717) is 35.6 Å². The van der Waals surface area contributed by atoms with Gasteiger partial charge in [0.1, 0.15) is 23.9 Å². The normalized spacial score (nSPS) is 15.1. The lowest BCUT2D eigenvalue weighted by molar-refractivity contribution is -0.274. The lowest BCUT2D eigenvalue weighted by atomic mass is 10.1. The summed E-state index contributed by atoms with van der Waals surface area (Å²) in [6.07, 6.45) is 1.01. The van der Waals surface area contributed by atoms with Crippen LogP contribution in [0, 0.1) is 0 Å². The van der Waals surface area contributed by atoms with Crippen LogP contribution in [0.15, 0.2) is 48.5 Å². The first-order chi connectivity index (χ1) is 16.9. The number of pyridine rings is 1. The average Bonchev–Trinajstić information content (AvgIpc) is 3.11. The molecule has 35 heavy (non-hydrogen) atoms. The average molecular weight is 489 g/mol. The second-order valence-corrected chi connectivity index (χ2v) is 8.71. The predicted molar refractivity (Wildman–Crippen MR) is 130 cm³/mol. The number of likely N-dealkylation sites (tertiary alicyclic amines) is 1. The maximum absolute atomic E-state index is 12.8. The zero-order chi connectivity index (χ0) is 24.7. The van der Waals surface area contributed by atoms with Crippen LogP contribution in [0.3, 0.4) is 0 Å². The number of aromatic nitrogens is 1. The molecule has 0 saturated carbocycles. The second-order valence-electron chi connectivity index (χ2n) is 8.71. The van der Waals surface area contributed by atoms with Crippen molar-refractivity contribution in [3.8, 4) is 28.5 Å². The van der Waals surface area contributed by atoms with E-state index in [2.05, 4.69) is 14.6 Å². The molecule has 1 fully saturated rings. The molecule has 0 unspecified atom stereocenters. The van der Waals surface area contributed by atoms with Crippen molar-refractivity contribution in [1.82, 2.24) is 9.88 Å². The molecule has 2 heterocycles. The molecule has 1 aliphatic rings. The van der Waals surface area contributed by atoms with Gasteiger partial charge in [-0.25, -0.2) is 4.98 Å². The van der Waals surface area contributed by atoms with Crippen LogP contribution in [0.4, 0.5) is 13.2 Å². The first-order valence-electron chi connectivity index (χ1n) is 12.2. The van der Waals surface area contributed by atoms with Gasteiger partial charge in [-0.3, -0.25) is 4.90 Å². The summed E-state index contributed by atoms with van der Waals surface area (Å²) < 4.78 is 54.3. The largest absolute Gasteiger partial charge is 0.573 e. The highest BCUT2D eigenvalue weighted by Gasteiger charge is 2.31. The molecule has 1 aromatic heterocycles. The summed E-state index contributed by atoms with van der Waals surface area (Å²) in [6.45, 7) is 5.98. The monoisotopic (exact) mass is 488 g/mol. The molecule has 4 rings (SSSR count). The van der Waals surface area contributed by atoms with E-state index in [1.807, 2.05) is 31.2 Å². The fourth-order valence-electron chi connectivity index (χ4n) is 4.22. The summed E-state index contributed by atoms with van der Waals surface area (Å²) in [5, 5.41) is 0.481. The Labute approximate surface area is 203 Å². The maximum atomic E-state index is 12.8. The van der Waals surface area contributed by atoms with E-state index in [0.717, 1.165) is 37.4 Å². The molecular weight excluding hydrogens is 457 g/mol. The van der Waals surface area contributed by atoms with Crippen molar-refractivity contribution >= 4 is 10.9 Å². The Morgan fingerprint density at radius 3 is 2.26 bits per heavy atom. The highest BCUT2D eigenvalue weighted by Crippen LogP contribution is 2.34. The third-order valence-corrected chi connectivity index (χ3v) is 5.96. The van der Waals surface area contributed by atoms with Gasteiger partial charge in [0.15, 0.2) is 0 Å². The molecule has 0 amide bonds. The van der Waals surface area contributed by atoms with Crippen LogP contribution in [0.1, 0.15) is 39.0 Å². The molecule has 0 N–H and O–H groups in total. The minimum atomic E-state index is -4.77. The zero-order valence-corrected chi connectivity index (χ0v) is 19.9. The molecule has 1 saturated heterocycles. The minimum absolute atomic E-state index is 0.297. The Morgan fingerprint density at radius 1 is 0.857 bits per heavy atom. The number of alkyl halides is 3. The molecule has 0 radical (unpaired) electrons. The smallest absolute Gasteiger partial charge is 0.494 e. The van der Waals surface area contributed by atoms with Crippen LogP contribution < -0.4 is 14.2 Å².